The third kappa shape index (κ3) is 3.32. The first-order valence-corrected chi connectivity index (χ1v) is 9.24. The van der Waals surface area contributed by atoms with E-state index in [-0.39, 0.29) is 0 Å². The minimum absolute atomic E-state index is 0.330. The molecule has 3 rings (SSSR count). The van der Waals surface area contributed by atoms with Crippen LogP contribution in [0, 0.1) is 17.8 Å². The van der Waals surface area contributed by atoms with E-state index < -0.39 is 0 Å². The molecule has 0 bridgehead atoms. The molecule has 0 radical (unpaired) electrons. The van der Waals surface area contributed by atoms with Gasteiger partial charge in [-0.2, -0.15) is 0 Å². The maximum absolute atomic E-state index is 6.56. The summed E-state index contributed by atoms with van der Waals surface area (Å²) < 4.78 is 1.39. The Hall–Kier alpha value is -0.860. The van der Waals surface area contributed by atoms with Gasteiger partial charge in [-0.15, -0.1) is 11.3 Å². The molecule has 21 heavy (non-hydrogen) atoms. The van der Waals surface area contributed by atoms with Crippen molar-refractivity contribution in [3.63, 3.8) is 0 Å². The van der Waals surface area contributed by atoms with Gasteiger partial charge in [-0.05, 0) is 72.3 Å². The Labute approximate surface area is 132 Å². The fourth-order valence-electron chi connectivity index (χ4n) is 3.85. The van der Waals surface area contributed by atoms with Crippen molar-refractivity contribution in [2.45, 2.75) is 52.0 Å². The molecule has 1 saturated carbocycles. The number of hydrogen-bond donors (Lipinski definition) is 1. The molecule has 114 valence electrons. The molecule has 0 saturated heterocycles. The molecule has 1 nitrogen and oxygen atoms in total. The van der Waals surface area contributed by atoms with Crippen molar-refractivity contribution in [2.75, 3.05) is 0 Å². The molecule has 1 aliphatic rings. The highest BCUT2D eigenvalue weighted by molar-refractivity contribution is 7.17. The molecule has 2 aromatic rings. The van der Waals surface area contributed by atoms with Gasteiger partial charge in [-0.25, -0.2) is 0 Å². The third-order valence-corrected chi connectivity index (χ3v) is 6.39. The number of thiophene rings is 1. The van der Waals surface area contributed by atoms with Crippen LogP contribution >= 0.6 is 11.3 Å². The number of rotatable bonds is 4. The summed E-state index contributed by atoms with van der Waals surface area (Å²) in [6.07, 6.45) is 6.44. The van der Waals surface area contributed by atoms with E-state index in [2.05, 4.69) is 43.5 Å². The normalized spacial score (nSPS) is 24.6. The predicted octanol–water partition coefficient (Wildman–Crippen LogP) is 5.23. The van der Waals surface area contributed by atoms with Gasteiger partial charge < -0.3 is 5.73 Å². The lowest BCUT2D eigenvalue weighted by atomic mass is 9.74. The van der Waals surface area contributed by atoms with Gasteiger partial charge in [0.15, 0.2) is 0 Å². The van der Waals surface area contributed by atoms with E-state index in [4.69, 9.17) is 5.73 Å². The van der Waals surface area contributed by atoms with E-state index in [1.165, 1.54) is 41.3 Å². The van der Waals surface area contributed by atoms with Crippen LogP contribution in [0.2, 0.25) is 0 Å². The topological polar surface area (TPSA) is 26.0 Å². The summed E-state index contributed by atoms with van der Waals surface area (Å²) in [6.45, 7) is 4.73. The average molecular weight is 301 g/mol. The first kappa shape index (κ1) is 15.1. The minimum atomic E-state index is 0.330. The average Bonchev–Trinajstić information content (AvgIpc) is 2.91. The molecule has 0 aliphatic heterocycles. The largest absolute Gasteiger partial charge is 0.327 e. The van der Waals surface area contributed by atoms with Crippen molar-refractivity contribution in [2.24, 2.45) is 23.5 Å². The smallest absolute Gasteiger partial charge is 0.0345 e. The second-order valence-electron chi connectivity index (χ2n) is 7.04. The lowest BCUT2D eigenvalue weighted by molar-refractivity contribution is 0.203. The lowest BCUT2D eigenvalue weighted by Gasteiger charge is -2.34. The number of fused-ring (bicyclic) bond motifs is 1. The van der Waals surface area contributed by atoms with Crippen LogP contribution in [0.5, 0.6) is 0 Å². The highest BCUT2D eigenvalue weighted by Crippen LogP contribution is 2.36. The van der Waals surface area contributed by atoms with Crippen LogP contribution in [-0.2, 0) is 6.42 Å². The first-order chi connectivity index (χ1) is 10.1. The van der Waals surface area contributed by atoms with Crippen molar-refractivity contribution in [3.05, 3.63) is 35.2 Å². The summed E-state index contributed by atoms with van der Waals surface area (Å²) in [5, 5.41) is 3.72. The van der Waals surface area contributed by atoms with Gasteiger partial charge in [-0.3, -0.25) is 0 Å². The molecule has 1 atom stereocenters. The van der Waals surface area contributed by atoms with Gasteiger partial charge in [0.2, 0.25) is 0 Å². The Bertz CT molecular complexity index is 578. The Kier molecular flexibility index (Phi) is 4.66. The van der Waals surface area contributed by atoms with Gasteiger partial charge in [0.1, 0.15) is 0 Å². The summed E-state index contributed by atoms with van der Waals surface area (Å²) in [7, 11) is 0. The van der Waals surface area contributed by atoms with Crippen LogP contribution in [-0.4, -0.2) is 6.04 Å². The standard InChI is InChI=1S/C19H27NS/c1-13(2)14-7-9-15(10-8-14)18(20)11-16-12-21-19-6-4-3-5-17(16)19/h3-6,12-15,18H,7-11,20H2,1-2H3. The molecular formula is C19H27NS. The van der Waals surface area contributed by atoms with Gasteiger partial charge >= 0.3 is 0 Å². The minimum Gasteiger partial charge on any atom is -0.327 e. The molecule has 0 spiro atoms. The van der Waals surface area contributed by atoms with Gasteiger partial charge in [-0.1, -0.05) is 32.0 Å². The van der Waals surface area contributed by atoms with Gasteiger partial charge in [0, 0.05) is 10.7 Å². The van der Waals surface area contributed by atoms with E-state index in [1.54, 1.807) is 0 Å². The Morgan fingerprint density at radius 1 is 1.10 bits per heavy atom. The molecule has 2 N–H and O–H groups in total. The highest BCUT2D eigenvalue weighted by Gasteiger charge is 2.27. The van der Waals surface area contributed by atoms with E-state index in [9.17, 15) is 0 Å². The Morgan fingerprint density at radius 2 is 1.76 bits per heavy atom. The van der Waals surface area contributed by atoms with Crippen LogP contribution in [0.1, 0.15) is 45.1 Å². The van der Waals surface area contributed by atoms with Crippen molar-refractivity contribution in [1.29, 1.82) is 0 Å². The van der Waals surface area contributed by atoms with Crippen molar-refractivity contribution in [3.8, 4) is 0 Å². The SMILES string of the molecule is CC(C)C1CCC(C(N)Cc2csc3ccccc23)CC1. The maximum Gasteiger partial charge on any atom is 0.0345 e. The monoisotopic (exact) mass is 301 g/mol. The Morgan fingerprint density at radius 3 is 2.48 bits per heavy atom. The second-order valence-corrected chi connectivity index (χ2v) is 7.96. The molecule has 1 unspecified atom stereocenters. The maximum atomic E-state index is 6.56. The van der Waals surface area contributed by atoms with Gasteiger partial charge in [0.25, 0.3) is 0 Å². The number of benzene rings is 1. The molecule has 1 heterocycles. The van der Waals surface area contributed by atoms with E-state index in [0.717, 1.165) is 24.2 Å². The molecule has 1 aromatic carbocycles. The van der Waals surface area contributed by atoms with Crippen LogP contribution in [0.15, 0.2) is 29.6 Å². The summed E-state index contributed by atoms with van der Waals surface area (Å²) in [5.74, 6) is 2.48. The zero-order valence-corrected chi connectivity index (χ0v) is 14.0. The third-order valence-electron chi connectivity index (χ3n) is 5.38. The summed E-state index contributed by atoms with van der Waals surface area (Å²) in [5.41, 5.74) is 8.01. The zero-order valence-electron chi connectivity index (χ0n) is 13.2. The number of nitrogens with two attached hydrogens (primary N) is 1. The molecular weight excluding hydrogens is 274 g/mol. The van der Waals surface area contributed by atoms with Crippen LogP contribution in [0.4, 0.5) is 0 Å². The van der Waals surface area contributed by atoms with E-state index >= 15 is 0 Å². The van der Waals surface area contributed by atoms with Crippen molar-refractivity contribution in [1.82, 2.24) is 0 Å². The Balaban J connectivity index is 1.63. The summed E-state index contributed by atoms with van der Waals surface area (Å²) in [4.78, 5) is 0. The van der Waals surface area contributed by atoms with Crippen LogP contribution in [0.25, 0.3) is 10.1 Å². The van der Waals surface area contributed by atoms with E-state index in [1.807, 2.05) is 11.3 Å². The lowest BCUT2D eigenvalue weighted by Crippen LogP contribution is -2.35. The van der Waals surface area contributed by atoms with Crippen LogP contribution < -0.4 is 5.73 Å². The van der Waals surface area contributed by atoms with Crippen molar-refractivity contribution < 1.29 is 0 Å². The fourth-order valence-corrected chi connectivity index (χ4v) is 4.83. The van der Waals surface area contributed by atoms with Crippen LogP contribution in [0.3, 0.4) is 0 Å². The molecule has 2 heteroatoms. The summed E-state index contributed by atoms with van der Waals surface area (Å²) in [6, 6.07) is 9.04. The first-order valence-electron chi connectivity index (χ1n) is 8.36. The fraction of sp³-hybridized carbons (Fsp3) is 0.579. The van der Waals surface area contributed by atoms with Gasteiger partial charge in [0.05, 0.1) is 0 Å². The quantitative estimate of drug-likeness (QED) is 0.821. The molecule has 0 amide bonds. The highest BCUT2D eigenvalue weighted by atomic mass is 32.1. The summed E-state index contributed by atoms with van der Waals surface area (Å²) >= 11 is 1.85. The molecule has 1 fully saturated rings. The van der Waals surface area contributed by atoms with Crippen molar-refractivity contribution >= 4 is 21.4 Å². The molecule has 1 aliphatic carbocycles. The predicted molar refractivity (Wildman–Crippen MR) is 93.8 cm³/mol. The zero-order chi connectivity index (χ0) is 14.8. The number of hydrogen-bond acceptors (Lipinski definition) is 2. The molecule has 1 aromatic heterocycles. The van der Waals surface area contributed by atoms with E-state index in [0.29, 0.717) is 6.04 Å². The second kappa shape index (κ2) is 6.50.